The van der Waals surface area contributed by atoms with Crippen molar-refractivity contribution in [1.82, 2.24) is 14.5 Å². The zero-order valence-corrected chi connectivity index (χ0v) is 14.4. The third-order valence-electron chi connectivity index (χ3n) is 5.22. The third kappa shape index (κ3) is 2.92. The molecule has 130 valence electrons. The summed E-state index contributed by atoms with van der Waals surface area (Å²) in [4.78, 5) is 33.2. The lowest BCUT2D eigenvalue weighted by molar-refractivity contribution is -0.135. The second-order valence-corrected chi connectivity index (χ2v) is 6.81. The highest BCUT2D eigenvalue weighted by atomic mass is 16.2. The lowest BCUT2D eigenvalue weighted by Gasteiger charge is -2.37. The number of nitrogens with zero attached hydrogens (tertiary/aromatic N) is 4. The van der Waals surface area contributed by atoms with Crippen LogP contribution in [0.5, 0.6) is 0 Å². The first-order chi connectivity index (χ1) is 12.1. The van der Waals surface area contributed by atoms with Gasteiger partial charge >= 0.3 is 0 Å². The molecule has 1 aliphatic carbocycles. The number of carbonyl (C=O) groups is 1. The van der Waals surface area contributed by atoms with Gasteiger partial charge in [0, 0.05) is 44.8 Å². The fourth-order valence-corrected chi connectivity index (χ4v) is 3.66. The average Bonchev–Trinajstić information content (AvgIpc) is 3.19. The molecule has 0 spiro atoms. The summed E-state index contributed by atoms with van der Waals surface area (Å²) in [7, 11) is 1.71. The molecule has 2 aliphatic rings. The number of amides is 1. The highest BCUT2D eigenvalue weighted by Gasteiger charge is 2.27. The van der Waals surface area contributed by atoms with E-state index in [9.17, 15) is 9.59 Å². The zero-order chi connectivity index (χ0) is 17.4. The number of carbonyl (C=O) groups excluding carboxylic acids is 1. The second-order valence-electron chi connectivity index (χ2n) is 6.81. The van der Waals surface area contributed by atoms with Crippen LogP contribution >= 0.6 is 0 Å². The van der Waals surface area contributed by atoms with E-state index in [0.717, 1.165) is 50.2 Å². The van der Waals surface area contributed by atoms with Crippen LogP contribution in [0, 0.1) is 5.92 Å². The molecule has 0 unspecified atom stereocenters. The van der Waals surface area contributed by atoms with Crippen LogP contribution in [0.4, 0.5) is 5.69 Å². The number of allylic oxidation sites excluding steroid dienone is 2. The predicted octanol–water partition coefficient (Wildman–Crippen LogP) is 1.55. The number of hydrogen-bond acceptors (Lipinski definition) is 4. The molecule has 1 amide bonds. The van der Waals surface area contributed by atoms with Gasteiger partial charge in [-0.2, -0.15) is 0 Å². The molecule has 1 fully saturated rings. The van der Waals surface area contributed by atoms with E-state index in [2.05, 4.69) is 22.0 Å². The van der Waals surface area contributed by atoms with Crippen molar-refractivity contribution in [2.45, 2.75) is 12.8 Å². The molecule has 0 saturated carbocycles. The molecule has 6 heteroatoms. The van der Waals surface area contributed by atoms with Crippen LogP contribution in [0.2, 0.25) is 0 Å². The van der Waals surface area contributed by atoms with Crippen LogP contribution < -0.4 is 10.5 Å². The van der Waals surface area contributed by atoms with Crippen LogP contribution in [0.25, 0.3) is 10.9 Å². The van der Waals surface area contributed by atoms with E-state index in [-0.39, 0.29) is 17.4 Å². The number of benzene rings is 1. The highest BCUT2D eigenvalue weighted by molar-refractivity contribution is 5.82. The number of hydrogen-bond donors (Lipinski definition) is 0. The largest absolute Gasteiger partial charge is 0.368 e. The fraction of sp³-hybridized carbons (Fsp3) is 0.421. The van der Waals surface area contributed by atoms with Crippen LogP contribution in [-0.4, -0.2) is 46.5 Å². The van der Waals surface area contributed by atoms with Crippen molar-refractivity contribution in [2.24, 2.45) is 13.0 Å². The molecule has 6 nitrogen and oxygen atoms in total. The maximum absolute atomic E-state index is 12.5. The van der Waals surface area contributed by atoms with Crippen molar-refractivity contribution < 1.29 is 4.79 Å². The number of aromatic nitrogens is 2. The molecular weight excluding hydrogens is 316 g/mol. The lowest BCUT2D eigenvalue weighted by Crippen LogP contribution is -2.50. The van der Waals surface area contributed by atoms with Crippen LogP contribution in [0.1, 0.15) is 12.8 Å². The Morgan fingerprint density at radius 2 is 1.84 bits per heavy atom. The number of rotatable bonds is 2. The van der Waals surface area contributed by atoms with Gasteiger partial charge in [0.2, 0.25) is 5.91 Å². The molecule has 2 heterocycles. The Balaban J connectivity index is 1.47. The minimum atomic E-state index is -0.0304. The van der Waals surface area contributed by atoms with Crippen molar-refractivity contribution in [3.05, 3.63) is 47.0 Å². The van der Waals surface area contributed by atoms with E-state index in [1.54, 1.807) is 13.4 Å². The Morgan fingerprint density at radius 3 is 2.56 bits per heavy atom. The Labute approximate surface area is 146 Å². The van der Waals surface area contributed by atoms with Gasteiger partial charge in [0.15, 0.2) is 0 Å². The Morgan fingerprint density at radius 1 is 1.12 bits per heavy atom. The second kappa shape index (κ2) is 6.35. The summed E-state index contributed by atoms with van der Waals surface area (Å²) >= 11 is 0. The van der Waals surface area contributed by atoms with Gasteiger partial charge in [0.05, 0.1) is 17.2 Å². The van der Waals surface area contributed by atoms with E-state index in [1.807, 2.05) is 23.1 Å². The molecule has 0 radical (unpaired) electrons. The van der Waals surface area contributed by atoms with Gasteiger partial charge in [-0.25, -0.2) is 4.98 Å². The molecule has 1 aromatic carbocycles. The number of fused-ring (bicyclic) bond motifs is 1. The summed E-state index contributed by atoms with van der Waals surface area (Å²) in [6.45, 7) is 3.11. The van der Waals surface area contributed by atoms with Gasteiger partial charge in [-0.05, 0) is 31.0 Å². The monoisotopic (exact) mass is 338 g/mol. The summed E-state index contributed by atoms with van der Waals surface area (Å²) < 4.78 is 1.49. The van der Waals surface area contributed by atoms with E-state index in [4.69, 9.17) is 0 Å². The summed E-state index contributed by atoms with van der Waals surface area (Å²) in [5, 5.41) is 0.635. The first-order valence-electron chi connectivity index (χ1n) is 8.77. The molecule has 0 atom stereocenters. The number of aryl methyl sites for hydroxylation is 1. The standard InChI is InChI=1S/C19H22N4O2/c1-21-13-20-17-12-15(6-7-16(17)19(21)25)22-8-10-23(11-9-22)18(24)14-4-2-3-5-14/h2-3,6-7,12-14H,4-5,8-11H2,1H3. The average molecular weight is 338 g/mol. The van der Waals surface area contributed by atoms with Crippen LogP contribution in [0.3, 0.4) is 0 Å². The van der Waals surface area contributed by atoms with Crippen LogP contribution in [0.15, 0.2) is 41.5 Å². The van der Waals surface area contributed by atoms with Crippen molar-refractivity contribution in [3.63, 3.8) is 0 Å². The maximum Gasteiger partial charge on any atom is 0.260 e. The van der Waals surface area contributed by atoms with Gasteiger partial charge in [0.1, 0.15) is 0 Å². The quantitative estimate of drug-likeness (QED) is 0.780. The van der Waals surface area contributed by atoms with E-state index >= 15 is 0 Å². The first kappa shape index (κ1) is 15.9. The minimum absolute atomic E-state index is 0.0304. The maximum atomic E-state index is 12.5. The van der Waals surface area contributed by atoms with Crippen molar-refractivity contribution in [3.8, 4) is 0 Å². The van der Waals surface area contributed by atoms with Crippen molar-refractivity contribution in [1.29, 1.82) is 0 Å². The highest BCUT2D eigenvalue weighted by Crippen LogP contribution is 2.23. The third-order valence-corrected chi connectivity index (χ3v) is 5.22. The summed E-state index contributed by atoms with van der Waals surface area (Å²) in [5.74, 6) is 0.431. The molecule has 25 heavy (non-hydrogen) atoms. The van der Waals surface area contributed by atoms with Gasteiger partial charge in [-0.15, -0.1) is 0 Å². The first-order valence-corrected chi connectivity index (χ1v) is 8.77. The van der Waals surface area contributed by atoms with Crippen molar-refractivity contribution in [2.75, 3.05) is 31.1 Å². The Kier molecular flexibility index (Phi) is 4.03. The Bertz CT molecular complexity index is 886. The van der Waals surface area contributed by atoms with E-state index < -0.39 is 0 Å². The lowest BCUT2D eigenvalue weighted by atomic mass is 10.1. The van der Waals surface area contributed by atoms with Crippen LogP contribution in [-0.2, 0) is 11.8 Å². The summed E-state index contributed by atoms with van der Waals surface area (Å²) in [6.07, 6.45) is 7.52. The van der Waals surface area contributed by atoms with E-state index in [1.165, 1.54) is 4.57 Å². The number of piperazine rings is 1. The van der Waals surface area contributed by atoms with Gasteiger partial charge < -0.3 is 14.4 Å². The van der Waals surface area contributed by atoms with Crippen molar-refractivity contribution >= 4 is 22.5 Å². The summed E-state index contributed by atoms with van der Waals surface area (Å²) in [5.41, 5.74) is 1.75. The van der Waals surface area contributed by atoms with E-state index in [0.29, 0.717) is 5.39 Å². The predicted molar refractivity (Wildman–Crippen MR) is 97.6 cm³/mol. The van der Waals surface area contributed by atoms with Gasteiger partial charge in [-0.1, -0.05) is 12.2 Å². The smallest absolute Gasteiger partial charge is 0.260 e. The molecule has 2 aromatic rings. The minimum Gasteiger partial charge on any atom is -0.368 e. The molecule has 4 rings (SSSR count). The number of anilines is 1. The summed E-state index contributed by atoms with van der Waals surface area (Å²) in [6, 6.07) is 5.79. The molecule has 1 aliphatic heterocycles. The van der Waals surface area contributed by atoms with Gasteiger partial charge in [0.25, 0.3) is 5.56 Å². The molecule has 1 aromatic heterocycles. The SMILES string of the molecule is Cn1cnc2cc(N3CCN(C(=O)C4CC=CC4)CC3)ccc2c1=O. The molecule has 0 N–H and O–H groups in total. The molecule has 1 saturated heterocycles. The fourth-order valence-electron chi connectivity index (χ4n) is 3.66. The normalized spacial score (nSPS) is 18.3. The Hall–Kier alpha value is -2.63. The zero-order valence-electron chi connectivity index (χ0n) is 14.4. The molecule has 0 bridgehead atoms. The molecular formula is C19H22N4O2. The topological polar surface area (TPSA) is 58.4 Å². The van der Waals surface area contributed by atoms with Gasteiger partial charge in [-0.3, -0.25) is 9.59 Å².